The fourth-order valence-corrected chi connectivity index (χ4v) is 3.74. The molecule has 0 heterocycles. The monoisotopic (exact) mass is 280 g/mol. The van der Waals surface area contributed by atoms with Crippen molar-refractivity contribution in [2.45, 2.75) is 44.2 Å². The molecule has 1 aliphatic carbocycles. The Hall–Kier alpha value is -0.570. The van der Waals surface area contributed by atoms with Gasteiger partial charge in [0.2, 0.25) is 0 Å². The quantitative estimate of drug-likeness (QED) is 0.911. The van der Waals surface area contributed by atoms with Gasteiger partial charge in [-0.1, -0.05) is 43.5 Å². The molecule has 1 aromatic rings. The van der Waals surface area contributed by atoms with Gasteiger partial charge >= 0.3 is 0 Å². The van der Waals surface area contributed by atoms with Crippen molar-refractivity contribution >= 4 is 11.6 Å². The van der Waals surface area contributed by atoms with E-state index in [1.807, 2.05) is 18.2 Å². The van der Waals surface area contributed by atoms with Crippen LogP contribution in [0.4, 0.5) is 0 Å². The lowest BCUT2D eigenvalue weighted by Crippen LogP contribution is -2.54. The van der Waals surface area contributed by atoms with Crippen molar-refractivity contribution in [1.82, 2.24) is 4.90 Å². The number of likely N-dealkylation sites (N-methyl/N-ethyl adjacent to an activating group) is 1. The van der Waals surface area contributed by atoms with E-state index in [0.29, 0.717) is 0 Å². The van der Waals surface area contributed by atoms with Gasteiger partial charge in [0, 0.05) is 16.6 Å². The Bertz CT molecular complexity index is 433. The molecule has 3 heteroatoms. The van der Waals surface area contributed by atoms with Crippen molar-refractivity contribution in [2.75, 3.05) is 14.1 Å². The van der Waals surface area contributed by atoms with Crippen LogP contribution in [-0.4, -0.2) is 24.5 Å². The largest absolute Gasteiger partial charge is 0.322 e. The van der Waals surface area contributed by atoms with Crippen molar-refractivity contribution in [3.63, 3.8) is 0 Å². The highest BCUT2D eigenvalue weighted by Gasteiger charge is 2.42. The Kier molecular flexibility index (Phi) is 4.54. The Labute approximate surface area is 121 Å². The van der Waals surface area contributed by atoms with Crippen LogP contribution >= 0.6 is 11.6 Å². The Morgan fingerprint density at radius 2 is 2.16 bits per heavy atom. The molecular weight excluding hydrogens is 256 g/mol. The molecule has 1 fully saturated rings. The minimum atomic E-state index is 0.0175. The molecule has 0 saturated heterocycles. The number of benzene rings is 1. The van der Waals surface area contributed by atoms with Crippen molar-refractivity contribution in [3.8, 4) is 0 Å². The summed E-state index contributed by atoms with van der Waals surface area (Å²) in [4.78, 5) is 2.33. The van der Waals surface area contributed by atoms with Crippen LogP contribution in [0.3, 0.4) is 0 Å². The zero-order valence-corrected chi connectivity index (χ0v) is 13.0. The van der Waals surface area contributed by atoms with Gasteiger partial charge < -0.3 is 10.6 Å². The Balaban J connectivity index is 2.33. The molecule has 1 aromatic carbocycles. The SMILES string of the molecule is CC1CCCC(C(N)c2cccc(Cl)c2)(N(C)C)C1. The van der Waals surface area contributed by atoms with E-state index in [9.17, 15) is 0 Å². The van der Waals surface area contributed by atoms with Gasteiger partial charge in [0.05, 0.1) is 0 Å². The van der Waals surface area contributed by atoms with Gasteiger partial charge in [-0.05, 0) is 50.6 Å². The molecule has 1 aliphatic rings. The van der Waals surface area contributed by atoms with Gasteiger partial charge in [-0.25, -0.2) is 0 Å². The summed E-state index contributed by atoms with van der Waals surface area (Å²) >= 11 is 6.11. The summed E-state index contributed by atoms with van der Waals surface area (Å²) in [5, 5.41) is 0.769. The van der Waals surface area contributed by atoms with Crippen LogP contribution in [0.15, 0.2) is 24.3 Å². The summed E-state index contributed by atoms with van der Waals surface area (Å²) in [5.74, 6) is 0.737. The highest BCUT2D eigenvalue weighted by atomic mass is 35.5. The van der Waals surface area contributed by atoms with Crippen LogP contribution in [0.25, 0.3) is 0 Å². The molecule has 2 rings (SSSR count). The molecule has 0 radical (unpaired) electrons. The van der Waals surface area contributed by atoms with E-state index in [2.05, 4.69) is 32.0 Å². The van der Waals surface area contributed by atoms with Crippen molar-refractivity contribution in [1.29, 1.82) is 0 Å². The molecule has 0 bridgehead atoms. The van der Waals surface area contributed by atoms with Crippen LogP contribution in [0.5, 0.6) is 0 Å². The van der Waals surface area contributed by atoms with Crippen LogP contribution < -0.4 is 5.73 Å². The van der Waals surface area contributed by atoms with E-state index in [0.717, 1.165) is 29.3 Å². The molecule has 0 aliphatic heterocycles. The highest BCUT2D eigenvalue weighted by Crippen LogP contribution is 2.43. The summed E-state index contributed by atoms with van der Waals surface area (Å²) in [5.41, 5.74) is 7.84. The van der Waals surface area contributed by atoms with E-state index < -0.39 is 0 Å². The van der Waals surface area contributed by atoms with E-state index in [-0.39, 0.29) is 11.6 Å². The summed E-state index contributed by atoms with van der Waals surface area (Å²) in [6, 6.07) is 8.03. The number of rotatable bonds is 3. The zero-order valence-electron chi connectivity index (χ0n) is 12.2. The fraction of sp³-hybridized carbons (Fsp3) is 0.625. The topological polar surface area (TPSA) is 29.3 Å². The zero-order chi connectivity index (χ0) is 14.0. The molecule has 3 unspecified atom stereocenters. The molecule has 2 nitrogen and oxygen atoms in total. The highest BCUT2D eigenvalue weighted by molar-refractivity contribution is 6.30. The summed E-state index contributed by atoms with van der Waals surface area (Å²) < 4.78 is 0. The average molecular weight is 281 g/mol. The lowest BCUT2D eigenvalue weighted by Gasteiger charge is -2.49. The third kappa shape index (κ3) is 2.96. The number of nitrogens with zero attached hydrogens (tertiary/aromatic N) is 1. The van der Waals surface area contributed by atoms with Crippen LogP contribution in [0.1, 0.15) is 44.2 Å². The first-order valence-corrected chi connectivity index (χ1v) is 7.52. The maximum absolute atomic E-state index is 6.64. The first kappa shape index (κ1) is 14.8. The van der Waals surface area contributed by atoms with Crippen molar-refractivity contribution < 1.29 is 0 Å². The Morgan fingerprint density at radius 3 is 2.74 bits per heavy atom. The first-order valence-electron chi connectivity index (χ1n) is 7.14. The smallest absolute Gasteiger partial charge is 0.0482 e. The number of hydrogen-bond donors (Lipinski definition) is 1. The average Bonchev–Trinajstić information content (AvgIpc) is 2.37. The molecule has 1 saturated carbocycles. The number of halogens is 1. The molecular formula is C16H25ClN2. The maximum Gasteiger partial charge on any atom is 0.0482 e. The van der Waals surface area contributed by atoms with E-state index in [1.54, 1.807) is 0 Å². The number of hydrogen-bond acceptors (Lipinski definition) is 2. The number of nitrogens with two attached hydrogens (primary N) is 1. The summed E-state index contributed by atoms with van der Waals surface area (Å²) in [6.07, 6.45) is 4.90. The third-order valence-electron chi connectivity index (χ3n) is 4.69. The minimum Gasteiger partial charge on any atom is -0.322 e. The second-order valence-electron chi connectivity index (χ2n) is 6.23. The predicted octanol–water partition coefficient (Wildman–Crippen LogP) is 3.85. The molecule has 0 aromatic heterocycles. The third-order valence-corrected chi connectivity index (χ3v) is 4.92. The van der Waals surface area contributed by atoms with Crippen LogP contribution in [0.2, 0.25) is 5.02 Å². The summed E-state index contributed by atoms with van der Waals surface area (Å²) in [7, 11) is 4.31. The predicted molar refractivity (Wildman–Crippen MR) is 82.4 cm³/mol. The van der Waals surface area contributed by atoms with Gasteiger partial charge in [0.15, 0.2) is 0 Å². The molecule has 106 valence electrons. The van der Waals surface area contributed by atoms with Gasteiger partial charge in [-0.2, -0.15) is 0 Å². The summed E-state index contributed by atoms with van der Waals surface area (Å²) in [6.45, 7) is 2.34. The second-order valence-corrected chi connectivity index (χ2v) is 6.67. The first-order chi connectivity index (χ1) is 8.95. The van der Waals surface area contributed by atoms with Crippen LogP contribution in [0, 0.1) is 5.92 Å². The van der Waals surface area contributed by atoms with E-state index in [4.69, 9.17) is 17.3 Å². The lowest BCUT2D eigenvalue weighted by atomic mass is 9.70. The normalized spacial score (nSPS) is 29.5. The van der Waals surface area contributed by atoms with Gasteiger partial charge in [-0.3, -0.25) is 0 Å². The Morgan fingerprint density at radius 1 is 1.42 bits per heavy atom. The van der Waals surface area contributed by atoms with E-state index in [1.165, 1.54) is 12.8 Å². The second kappa shape index (κ2) is 5.82. The van der Waals surface area contributed by atoms with E-state index >= 15 is 0 Å². The molecule has 0 amide bonds. The standard InChI is InChI=1S/C16H25ClN2/c1-12-6-5-9-16(11-12,19(2)3)15(18)13-7-4-8-14(17)10-13/h4,7-8,10,12,15H,5-6,9,11,18H2,1-3H3. The molecule has 0 spiro atoms. The van der Waals surface area contributed by atoms with Gasteiger partial charge in [0.1, 0.15) is 0 Å². The lowest BCUT2D eigenvalue weighted by molar-refractivity contribution is 0.0499. The minimum absolute atomic E-state index is 0.0175. The molecule has 3 atom stereocenters. The van der Waals surface area contributed by atoms with Crippen molar-refractivity contribution in [3.05, 3.63) is 34.9 Å². The fourth-order valence-electron chi connectivity index (χ4n) is 3.54. The molecule has 19 heavy (non-hydrogen) atoms. The van der Waals surface area contributed by atoms with Gasteiger partial charge in [0.25, 0.3) is 0 Å². The van der Waals surface area contributed by atoms with Gasteiger partial charge in [-0.15, -0.1) is 0 Å². The maximum atomic E-state index is 6.64. The van der Waals surface area contributed by atoms with Crippen LogP contribution in [-0.2, 0) is 0 Å². The van der Waals surface area contributed by atoms with Crippen molar-refractivity contribution in [2.24, 2.45) is 11.7 Å². The molecule has 2 N–H and O–H groups in total.